The molecule has 0 radical (unpaired) electrons. The lowest BCUT2D eigenvalue weighted by Crippen LogP contribution is -2.03. The van der Waals surface area contributed by atoms with E-state index in [4.69, 9.17) is 9.84 Å². The first kappa shape index (κ1) is 13.6. The van der Waals surface area contributed by atoms with Crippen molar-refractivity contribution in [2.75, 3.05) is 14.2 Å². The second kappa shape index (κ2) is 6.30. The van der Waals surface area contributed by atoms with Crippen LogP contribution in [-0.4, -0.2) is 31.3 Å². The van der Waals surface area contributed by atoms with E-state index in [0.29, 0.717) is 5.56 Å². The van der Waals surface area contributed by atoms with Crippen LogP contribution < -0.4 is 4.74 Å². The van der Waals surface area contributed by atoms with Gasteiger partial charge >= 0.3 is 11.9 Å². The van der Waals surface area contributed by atoms with Gasteiger partial charge in [0, 0.05) is 5.56 Å². The van der Waals surface area contributed by atoms with Crippen molar-refractivity contribution < 1.29 is 24.2 Å². The number of benzene rings is 1. The number of aromatic carboxylic acids is 1. The molecular formula is C13H12O5. The van der Waals surface area contributed by atoms with Gasteiger partial charge in [-0.3, -0.25) is 4.79 Å². The van der Waals surface area contributed by atoms with Crippen LogP contribution in [0.25, 0.3) is 0 Å². The van der Waals surface area contributed by atoms with Crippen LogP contribution in [0.5, 0.6) is 5.75 Å². The zero-order chi connectivity index (χ0) is 13.5. The highest BCUT2D eigenvalue weighted by Gasteiger charge is 2.14. The summed E-state index contributed by atoms with van der Waals surface area (Å²) in [5, 5.41) is 9.09. The highest BCUT2D eigenvalue weighted by Crippen LogP contribution is 2.21. The van der Waals surface area contributed by atoms with E-state index in [2.05, 4.69) is 16.6 Å². The van der Waals surface area contributed by atoms with E-state index >= 15 is 0 Å². The fourth-order valence-electron chi connectivity index (χ4n) is 1.31. The minimum atomic E-state index is -1.13. The largest absolute Gasteiger partial charge is 0.496 e. The molecule has 0 aliphatic heterocycles. The van der Waals surface area contributed by atoms with Crippen molar-refractivity contribution >= 4 is 11.9 Å². The molecule has 0 heterocycles. The molecule has 0 unspecified atom stereocenters. The van der Waals surface area contributed by atoms with Crippen molar-refractivity contribution in [3.05, 3.63) is 29.3 Å². The molecule has 18 heavy (non-hydrogen) atoms. The predicted molar refractivity (Wildman–Crippen MR) is 63.5 cm³/mol. The first-order valence-electron chi connectivity index (χ1n) is 5.06. The van der Waals surface area contributed by atoms with E-state index in [0.717, 1.165) is 0 Å². The summed E-state index contributed by atoms with van der Waals surface area (Å²) in [6.45, 7) is 0. The maximum Gasteiger partial charge on any atom is 0.340 e. The molecule has 0 amide bonds. The third-order valence-corrected chi connectivity index (χ3v) is 2.14. The van der Waals surface area contributed by atoms with Crippen molar-refractivity contribution in [2.45, 2.75) is 6.42 Å². The summed E-state index contributed by atoms with van der Waals surface area (Å²) in [5.74, 6) is 3.81. The fraction of sp³-hybridized carbons (Fsp3) is 0.231. The molecule has 0 aliphatic rings. The Morgan fingerprint density at radius 2 is 2.06 bits per heavy atom. The molecule has 0 aromatic heterocycles. The van der Waals surface area contributed by atoms with Gasteiger partial charge in [-0.15, -0.1) is 0 Å². The zero-order valence-corrected chi connectivity index (χ0v) is 10.0. The molecule has 1 rings (SSSR count). The lowest BCUT2D eigenvalue weighted by Gasteiger charge is -2.05. The van der Waals surface area contributed by atoms with Crippen molar-refractivity contribution in [1.82, 2.24) is 0 Å². The maximum absolute atomic E-state index is 11.1. The summed E-state index contributed by atoms with van der Waals surface area (Å²) in [6, 6.07) is 4.72. The number of carbonyl (C=O) groups is 2. The van der Waals surface area contributed by atoms with Crippen LogP contribution in [0, 0.1) is 11.8 Å². The summed E-state index contributed by atoms with van der Waals surface area (Å²) in [6.07, 6.45) is -0.0905. The van der Waals surface area contributed by atoms with Gasteiger partial charge in [0.1, 0.15) is 17.7 Å². The Labute approximate surface area is 104 Å². The number of esters is 1. The minimum Gasteiger partial charge on any atom is -0.496 e. The van der Waals surface area contributed by atoms with Crippen LogP contribution in [0.3, 0.4) is 0 Å². The van der Waals surface area contributed by atoms with Gasteiger partial charge in [-0.05, 0) is 12.1 Å². The number of ether oxygens (including phenoxy) is 2. The van der Waals surface area contributed by atoms with Crippen LogP contribution in [0.4, 0.5) is 0 Å². The summed E-state index contributed by atoms with van der Waals surface area (Å²) in [7, 11) is 2.64. The van der Waals surface area contributed by atoms with Crippen LogP contribution >= 0.6 is 0 Å². The first-order valence-corrected chi connectivity index (χ1v) is 5.06. The third kappa shape index (κ3) is 3.25. The molecule has 1 aromatic carbocycles. The second-order valence-corrected chi connectivity index (χ2v) is 3.24. The molecule has 5 nitrogen and oxygen atoms in total. The number of rotatable bonds is 3. The third-order valence-electron chi connectivity index (χ3n) is 2.14. The number of carbonyl (C=O) groups excluding carboxylic acids is 1. The number of carboxylic acids is 1. The summed E-state index contributed by atoms with van der Waals surface area (Å²) >= 11 is 0. The highest BCUT2D eigenvalue weighted by atomic mass is 16.5. The van der Waals surface area contributed by atoms with Gasteiger partial charge in [0.2, 0.25) is 0 Å². The SMILES string of the molecule is COC(=O)CC#Cc1cccc(OC)c1C(=O)O. The Hall–Kier alpha value is -2.48. The Kier molecular flexibility index (Phi) is 4.76. The van der Waals surface area contributed by atoms with Crippen molar-refractivity contribution in [3.63, 3.8) is 0 Å². The molecule has 0 fully saturated rings. The van der Waals surface area contributed by atoms with Crippen LogP contribution in [-0.2, 0) is 9.53 Å². The lowest BCUT2D eigenvalue weighted by molar-refractivity contribution is -0.139. The molecule has 0 saturated carbocycles. The Morgan fingerprint density at radius 3 is 2.61 bits per heavy atom. The summed E-state index contributed by atoms with van der Waals surface area (Å²) in [5.41, 5.74) is 0.281. The van der Waals surface area contributed by atoms with Crippen LogP contribution in [0.1, 0.15) is 22.3 Å². The van der Waals surface area contributed by atoms with Gasteiger partial charge in [0.25, 0.3) is 0 Å². The Balaban J connectivity index is 3.09. The Bertz CT molecular complexity index is 522. The fourth-order valence-corrected chi connectivity index (χ4v) is 1.31. The van der Waals surface area contributed by atoms with E-state index in [9.17, 15) is 9.59 Å². The second-order valence-electron chi connectivity index (χ2n) is 3.24. The molecule has 94 valence electrons. The highest BCUT2D eigenvalue weighted by molar-refractivity contribution is 5.94. The minimum absolute atomic E-state index is 0.0163. The van der Waals surface area contributed by atoms with E-state index in [1.165, 1.54) is 20.3 Å². The predicted octanol–water partition coefficient (Wildman–Crippen LogP) is 1.31. The monoisotopic (exact) mass is 248 g/mol. The van der Waals surface area contributed by atoms with Gasteiger partial charge < -0.3 is 14.6 Å². The average molecular weight is 248 g/mol. The molecular weight excluding hydrogens is 236 g/mol. The van der Waals surface area contributed by atoms with E-state index < -0.39 is 11.9 Å². The normalized spacial score (nSPS) is 9.00. The average Bonchev–Trinajstić information content (AvgIpc) is 2.37. The molecule has 0 atom stereocenters. The number of hydrogen-bond donors (Lipinski definition) is 1. The number of carboxylic acid groups (broad SMARTS) is 1. The van der Waals surface area contributed by atoms with E-state index in [-0.39, 0.29) is 17.7 Å². The Morgan fingerprint density at radius 1 is 1.33 bits per heavy atom. The van der Waals surface area contributed by atoms with Gasteiger partial charge in [0.15, 0.2) is 0 Å². The molecule has 0 aliphatic carbocycles. The molecule has 0 spiro atoms. The summed E-state index contributed by atoms with van der Waals surface area (Å²) in [4.78, 5) is 22.0. The van der Waals surface area contributed by atoms with Crippen LogP contribution in [0.2, 0.25) is 0 Å². The summed E-state index contributed by atoms with van der Waals surface area (Å²) < 4.78 is 9.38. The standard InChI is InChI=1S/C13H12O5/c1-17-10-7-3-5-9(12(10)13(15)16)6-4-8-11(14)18-2/h3,5,7H,8H2,1-2H3,(H,15,16). The van der Waals surface area contributed by atoms with Crippen molar-refractivity contribution in [2.24, 2.45) is 0 Å². The van der Waals surface area contributed by atoms with Gasteiger partial charge in [0.05, 0.1) is 14.2 Å². The lowest BCUT2D eigenvalue weighted by atomic mass is 10.1. The molecule has 1 N–H and O–H groups in total. The van der Waals surface area contributed by atoms with Gasteiger partial charge in [-0.25, -0.2) is 4.79 Å². The first-order chi connectivity index (χ1) is 8.60. The topological polar surface area (TPSA) is 72.8 Å². The van der Waals surface area contributed by atoms with Crippen molar-refractivity contribution in [1.29, 1.82) is 0 Å². The maximum atomic E-state index is 11.1. The number of hydrogen-bond acceptors (Lipinski definition) is 4. The number of methoxy groups -OCH3 is 2. The van der Waals surface area contributed by atoms with Gasteiger partial charge in [-0.1, -0.05) is 17.9 Å². The molecule has 0 bridgehead atoms. The van der Waals surface area contributed by atoms with E-state index in [1.807, 2.05) is 0 Å². The van der Waals surface area contributed by atoms with E-state index in [1.54, 1.807) is 12.1 Å². The quantitative estimate of drug-likeness (QED) is 0.645. The smallest absolute Gasteiger partial charge is 0.340 e. The van der Waals surface area contributed by atoms with Crippen molar-refractivity contribution in [3.8, 4) is 17.6 Å². The van der Waals surface area contributed by atoms with Crippen LogP contribution in [0.15, 0.2) is 18.2 Å². The zero-order valence-electron chi connectivity index (χ0n) is 10.0. The molecule has 5 heteroatoms. The molecule has 1 aromatic rings. The van der Waals surface area contributed by atoms with Gasteiger partial charge in [-0.2, -0.15) is 0 Å². The molecule has 0 saturated heterocycles.